The van der Waals surface area contributed by atoms with Crippen molar-refractivity contribution in [1.82, 2.24) is 9.88 Å². The normalized spacial score (nSPS) is 13.2. The van der Waals surface area contributed by atoms with Crippen molar-refractivity contribution in [2.75, 3.05) is 26.7 Å². The number of ether oxygens (including phenoxy) is 1. The van der Waals surface area contributed by atoms with Gasteiger partial charge in [-0.1, -0.05) is 0 Å². The van der Waals surface area contributed by atoms with Gasteiger partial charge in [-0.3, -0.25) is 0 Å². The predicted molar refractivity (Wildman–Crippen MR) is 72.3 cm³/mol. The summed E-state index contributed by atoms with van der Waals surface area (Å²) in [6.07, 6.45) is 1.16. The third kappa shape index (κ3) is 5.59. The third-order valence-electron chi connectivity index (χ3n) is 2.60. The van der Waals surface area contributed by atoms with Crippen LogP contribution in [0.5, 0.6) is 0 Å². The Labute approximate surface area is 108 Å². The van der Waals surface area contributed by atoms with E-state index >= 15 is 0 Å². The molecule has 0 spiro atoms. The van der Waals surface area contributed by atoms with Gasteiger partial charge in [-0.2, -0.15) is 0 Å². The number of aryl methyl sites for hydroxylation is 1. The molecule has 4 nitrogen and oxygen atoms in total. The van der Waals surface area contributed by atoms with Gasteiger partial charge in [-0.25, -0.2) is 4.98 Å². The number of nitrogens with two attached hydrogens (primary N) is 1. The van der Waals surface area contributed by atoms with Gasteiger partial charge in [-0.05, 0) is 27.3 Å². The molecule has 0 aromatic carbocycles. The van der Waals surface area contributed by atoms with Gasteiger partial charge in [0.05, 0.1) is 16.8 Å². The van der Waals surface area contributed by atoms with Crippen LogP contribution in [0.3, 0.4) is 0 Å². The van der Waals surface area contributed by atoms with Gasteiger partial charge < -0.3 is 15.4 Å². The van der Waals surface area contributed by atoms with Gasteiger partial charge in [0.25, 0.3) is 0 Å². The third-order valence-corrected chi connectivity index (χ3v) is 3.42. The molecule has 0 radical (unpaired) electrons. The van der Waals surface area contributed by atoms with E-state index in [1.807, 2.05) is 13.8 Å². The summed E-state index contributed by atoms with van der Waals surface area (Å²) in [5.41, 5.74) is 6.80. The van der Waals surface area contributed by atoms with E-state index in [0.717, 1.165) is 36.8 Å². The van der Waals surface area contributed by atoms with Crippen molar-refractivity contribution < 1.29 is 4.74 Å². The van der Waals surface area contributed by atoms with E-state index in [4.69, 9.17) is 10.5 Å². The summed E-state index contributed by atoms with van der Waals surface area (Å²) in [6, 6.07) is 0. The first-order valence-corrected chi connectivity index (χ1v) is 6.94. The highest BCUT2D eigenvalue weighted by atomic mass is 32.1. The lowest BCUT2D eigenvalue weighted by molar-refractivity contribution is 0.0558. The van der Waals surface area contributed by atoms with E-state index in [1.165, 1.54) is 0 Å². The van der Waals surface area contributed by atoms with Crippen molar-refractivity contribution in [3.05, 3.63) is 16.1 Å². The number of hydrogen-bond acceptors (Lipinski definition) is 5. The minimum atomic E-state index is 0.180. The Morgan fingerprint density at radius 2 is 2.35 bits per heavy atom. The molecule has 1 heterocycles. The van der Waals surface area contributed by atoms with E-state index in [-0.39, 0.29) is 6.10 Å². The van der Waals surface area contributed by atoms with Crippen LogP contribution in [0.2, 0.25) is 0 Å². The van der Waals surface area contributed by atoms with Gasteiger partial charge in [0.2, 0.25) is 0 Å². The second kappa shape index (κ2) is 7.76. The maximum Gasteiger partial charge on any atom is 0.0897 e. The first-order chi connectivity index (χ1) is 8.15. The molecule has 1 aromatic rings. The quantitative estimate of drug-likeness (QED) is 0.769. The SMILES string of the molecule is CCOC(CN)CCN(C)Cc1csc(C)n1. The zero-order valence-corrected chi connectivity index (χ0v) is 11.8. The summed E-state index contributed by atoms with van der Waals surface area (Å²) >= 11 is 1.70. The predicted octanol–water partition coefficient (Wildman–Crippen LogP) is 1.64. The van der Waals surface area contributed by atoms with Crippen LogP contribution in [0, 0.1) is 6.92 Å². The minimum absolute atomic E-state index is 0.180. The molecular weight excluding hydrogens is 234 g/mol. The van der Waals surface area contributed by atoms with E-state index < -0.39 is 0 Å². The molecule has 1 unspecified atom stereocenters. The summed E-state index contributed by atoms with van der Waals surface area (Å²) in [7, 11) is 2.11. The average molecular weight is 257 g/mol. The van der Waals surface area contributed by atoms with Crippen molar-refractivity contribution in [2.45, 2.75) is 32.9 Å². The second-order valence-electron chi connectivity index (χ2n) is 4.20. The zero-order valence-electron chi connectivity index (χ0n) is 11.0. The van der Waals surface area contributed by atoms with Crippen molar-refractivity contribution >= 4 is 11.3 Å². The Morgan fingerprint density at radius 3 is 2.88 bits per heavy atom. The largest absolute Gasteiger partial charge is 0.377 e. The van der Waals surface area contributed by atoms with Crippen LogP contribution in [0.25, 0.3) is 0 Å². The smallest absolute Gasteiger partial charge is 0.0897 e. The van der Waals surface area contributed by atoms with Crippen LogP contribution >= 0.6 is 11.3 Å². The summed E-state index contributed by atoms with van der Waals surface area (Å²) in [5, 5.41) is 3.25. The van der Waals surface area contributed by atoms with Crippen LogP contribution < -0.4 is 5.73 Å². The molecule has 17 heavy (non-hydrogen) atoms. The summed E-state index contributed by atoms with van der Waals surface area (Å²) in [6.45, 7) is 7.25. The number of nitrogens with zero attached hydrogens (tertiary/aromatic N) is 2. The Kier molecular flexibility index (Phi) is 6.65. The van der Waals surface area contributed by atoms with Gasteiger partial charge in [-0.15, -0.1) is 11.3 Å². The molecule has 5 heteroatoms. The van der Waals surface area contributed by atoms with Crippen molar-refractivity contribution in [2.24, 2.45) is 5.73 Å². The van der Waals surface area contributed by atoms with Gasteiger partial charge in [0.1, 0.15) is 0 Å². The summed E-state index contributed by atoms with van der Waals surface area (Å²) in [4.78, 5) is 6.72. The lowest BCUT2D eigenvalue weighted by Gasteiger charge is -2.20. The highest BCUT2D eigenvalue weighted by Gasteiger charge is 2.09. The summed E-state index contributed by atoms with van der Waals surface area (Å²) in [5.74, 6) is 0. The zero-order chi connectivity index (χ0) is 12.7. The number of rotatable bonds is 8. The first kappa shape index (κ1) is 14.6. The van der Waals surface area contributed by atoms with Crippen molar-refractivity contribution in [1.29, 1.82) is 0 Å². The lowest BCUT2D eigenvalue weighted by Crippen LogP contribution is -2.29. The Balaban J connectivity index is 2.26. The van der Waals surface area contributed by atoms with Crippen LogP contribution in [0.4, 0.5) is 0 Å². The van der Waals surface area contributed by atoms with Crippen LogP contribution in [0.1, 0.15) is 24.0 Å². The molecule has 0 bridgehead atoms. The van der Waals surface area contributed by atoms with Crippen molar-refractivity contribution in [3.8, 4) is 0 Å². The van der Waals surface area contributed by atoms with Crippen LogP contribution in [-0.4, -0.2) is 42.7 Å². The van der Waals surface area contributed by atoms with Gasteiger partial charge >= 0.3 is 0 Å². The van der Waals surface area contributed by atoms with E-state index in [2.05, 4.69) is 22.3 Å². The maximum atomic E-state index is 5.65. The van der Waals surface area contributed by atoms with Gasteiger partial charge in [0, 0.05) is 31.6 Å². The fraction of sp³-hybridized carbons (Fsp3) is 0.750. The molecule has 0 aliphatic carbocycles. The second-order valence-corrected chi connectivity index (χ2v) is 5.26. The van der Waals surface area contributed by atoms with Gasteiger partial charge in [0.15, 0.2) is 0 Å². The Morgan fingerprint density at radius 1 is 1.59 bits per heavy atom. The fourth-order valence-corrected chi connectivity index (χ4v) is 2.31. The van der Waals surface area contributed by atoms with Crippen LogP contribution in [0.15, 0.2) is 5.38 Å². The topological polar surface area (TPSA) is 51.4 Å². The maximum absolute atomic E-state index is 5.65. The molecule has 0 amide bonds. The number of thiazole rings is 1. The average Bonchev–Trinajstić information content (AvgIpc) is 2.70. The Bertz CT molecular complexity index is 316. The molecule has 0 saturated heterocycles. The highest BCUT2D eigenvalue weighted by molar-refractivity contribution is 7.09. The summed E-state index contributed by atoms with van der Waals surface area (Å²) < 4.78 is 5.53. The molecule has 0 saturated carbocycles. The molecule has 1 rings (SSSR count). The monoisotopic (exact) mass is 257 g/mol. The molecule has 98 valence electrons. The molecule has 1 atom stereocenters. The first-order valence-electron chi connectivity index (χ1n) is 6.07. The van der Waals surface area contributed by atoms with E-state index in [0.29, 0.717) is 6.54 Å². The highest BCUT2D eigenvalue weighted by Crippen LogP contribution is 2.10. The molecule has 0 fully saturated rings. The standard InChI is InChI=1S/C12H23N3OS/c1-4-16-12(7-13)5-6-15(3)8-11-9-17-10(2)14-11/h9,12H,4-8,13H2,1-3H3. The molecular formula is C12H23N3OS. The molecule has 0 aliphatic heterocycles. The number of hydrogen-bond donors (Lipinski definition) is 1. The van der Waals surface area contributed by atoms with E-state index in [1.54, 1.807) is 11.3 Å². The number of aromatic nitrogens is 1. The lowest BCUT2D eigenvalue weighted by atomic mass is 10.2. The minimum Gasteiger partial charge on any atom is -0.377 e. The Hall–Kier alpha value is -0.490. The van der Waals surface area contributed by atoms with E-state index in [9.17, 15) is 0 Å². The molecule has 1 aromatic heterocycles. The van der Waals surface area contributed by atoms with Crippen LogP contribution in [-0.2, 0) is 11.3 Å². The van der Waals surface area contributed by atoms with Crippen molar-refractivity contribution in [3.63, 3.8) is 0 Å². The fourth-order valence-electron chi connectivity index (χ4n) is 1.71. The molecule has 0 aliphatic rings. The molecule has 2 N–H and O–H groups in total.